The molecule has 0 aromatic rings. The third-order valence-corrected chi connectivity index (χ3v) is 4.78. The van der Waals surface area contributed by atoms with E-state index in [1.807, 2.05) is 6.92 Å². The molecule has 3 N–H and O–H groups in total. The maximum absolute atomic E-state index is 12.5. The van der Waals surface area contributed by atoms with Crippen molar-refractivity contribution in [2.75, 3.05) is 13.1 Å². The molecule has 5 nitrogen and oxygen atoms in total. The average molecular weight is 268 g/mol. The number of piperidine rings is 1. The van der Waals surface area contributed by atoms with E-state index in [4.69, 9.17) is 5.11 Å². The summed E-state index contributed by atoms with van der Waals surface area (Å²) in [6.07, 6.45) is 5.06. The van der Waals surface area contributed by atoms with Crippen molar-refractivity contribution >= 4 is 11.9 Å². The molecule has 1 aliphatic carbocycles. The second-order valence-corrected chi connectivity index (χ2v) is 5.87. The van der Waals surface area contributed by atoms with Gasteiger partial charge in [0.15, 0.2) is 0 Å². The zero-order chi connectivity index (χ0) is 13.9. The summed E-state index contributed by atoms with van der Waals surface area (Å²) in [7, 11) is 0. The summed E-state index contributed by atoms with van der Waals surface area (Å²) in [5.74, 6) is -1.15. The number of rotatable bonds is 4. The topological polar surface area (TPSA) is 78.4 Å². The SMILES string of the molecule is CCC1(C(=O)NC2CCCC2C(=O)O)CCCNC1. The van der Waals surface area contributed by atoms with Crippen LogP contribution >= 0.6 is 0 Å². The van der Waals surface area contributed by atoms with E-state index in [1.54, 1.807) is 0 Å². The van der Waals surface area contributed by atoms with Gasteiger partial charge in [-0.25, -0.2) is 0 Å². The molecule has 19 heavy (non-hydrogen) atoms. The summed E-state index contributed by atoms with van der Waals surface area (Å²) in [4.78, 5) is 23.7. The molecule has 1 aliphatic heterocycles. The lowest BCUT2D eigenvalue weighted by atomic mass is 9.77. The van der Waals surface area contributed by atoms with Crippen LogP contribution in [0.1, 0.15) is 45.4 Å². The van der Waals surface area contributed by atoms with Gasteiger partial charge in [0.05, 0.1) is 11.3 Å². The van der Waals surface area contributed by atoms with Gasteiger partial charge in [0, 0.05) is 12.6 Å². The Kier molecular flexibility index (Phi) is 4.45. The van der Waals surface area contributed by atoms with Gasteiger partial charge < -0.3 is 15.7 Å². The molecule has 1 saturated carbocycles. The molecule has 0 aromatic heterocycles. The Hall–Kier alpha value is -1.10. The van der Waals surface area contributed by atoms with Gasteiger partial charge >= 0.3 is 5.97 Å². The molecule has 1 amide bonds. The van der Waals surface area contributed by atoms with Crippen LogP contribution in [0.4, 0.5) is 0 Å². The summed E-state index contributed by atoms with van der Waals surface area (Å²) < 4.78 is 0. The Bertz CT molecular complexity index is 351. The van der Waals surface area contributed by atoms with Gasteiger partial charge in [-0.05, 0) is 38.6 Å². The van der Waals surface area contributed by atoms with E-state index in [1.165, 1.54) is 0 Å². The van der Waals surface area contributed by atoms with Crippen LogP contribution in [0.2, 0.25) is 0 Å². The van der Waals surface area contributed by atoms with Crippen LogP contribution in [-0.4, -0.2) is 36.1 Å². The largest absolute Gasteiger partial charge is 0.481 e. The van der Waals surface area contributed by atoms with Crippen LogP contribution in [0, 0.1) is 11.3 Å². The Morgan fingerprint density at radius 1 is 1.37 bits per heavy atom. The number of nitrogens with one attached hydrogen (secondary N) is 2. The van der Waals surface area contributed by atoms with Gasteiger partial charge in [-0.3, -0.25) is 9.59 Å². The first-order valence-corrected chi connectivity index (χ1v) is 7.33. The van der Waals surface area contributed by atoms with Crippen molar-refractivity contribution < 1.29 is 14.7 Å². The number of carboxylic acid groups (broad SMARTS) is 1. The lowest BCUT2D eigenvalue weighted by molar-refractivity contribution is -0.143. The van der Waals surface area contributed by atoms with E-state index in [9.17, 15) is 9.59 Å². The van der Waals surface area contributed by atoms with Gasteiger partial charge in [-0.2, -0.15) is 0 Å². The highest BCUT2D eigenvalue weighted by Crippen LogP contribution is 2.32. The molecule has 2 aliphatic rings. The Morgan fingerprint density at radius 2 is 2.16 bits per heavy atom. The highest BCUT2D eigenvalue weighted by molar-refractivity contribution is 5.84. The number of hydrogen-bond acceptors (Lipinski definition) is 3. The van der Waals surface area contributed by atoms with Crippen molar-refractivity contribution in [3.05, 3.63) is 0 Å². The van der Waals surface area contributed by atoms with Crippen LogP contribution in [0.3, 0.4) is 0 Å². The maximum Gasteiger partial charge on any atom is 0.308 e. The molecular formula is C14H24N2O3. The number of carboxylic acids is 1. The minimum atomic E-state index is -0.782. The summed E-state index contributed by atoms with van der Waals surface area (Å²) in [6.45, 7) is 3.71. The van der Waals surface area contributed by atoms with E-state index < -0.39 is 11.9 Å². The third-order valence-electron chi connectivity index (χ3n) is 4.78. The minimum absolute atomic E-state index is 0.0420. The number of amides is 1. The van der Waals surface area contributed by atoms with E-state index in [-0.39, 0.29) is 17.4 Å². The van der Waals surface area contributed by atoms with E-state index >= 15 is 0 Å². The normalized spacial score (nSPS) is 35.0. The van der Waals surface area contributed by atoms with Crippen molar-refractivity contribution in [2.45, 2.75) is 51.5 Å². The molecule has 0 spiro atoms. The molecule has 0 aromatic carbocycles. The molecule has 3 atom stereocenters. The first-order chi connectivity index (χ1) is 9.09. The Labute approximate surface area is 114 Å². The molecule has 108 valence electrons. The Balaban J connectivity index is 2.01. The minimum Gasteiger partial charge on any atom is -0.481 e. The van der Waals surface area contributed by atoms with Crippen LogP contribution in [0.25, 0.3) is 0 Å². The van der Waals surface area contributed by atoms with Gasteiger partial charge in [-0.1, -0.05) is 13.3 Å². The molecule has 0 bridgehead atoms. The van der Waals surface area contributed by atoms with Crippen LogP contribution in [-0.2, 0) is 9.59 Å². The summed E-state index contributed by atoms with van der Waals surface area (Å²) in [6, 6.07) is -0.185. The molecule has 0 radical (unpaired) electrons. The summed E-state index contributed by atoms with van der Waals surface area (Å²) in [5.41, 5.74) is -0.343. The monoisotopic (exact) mass is 268 g/mol. The summed E-state index contributed by atoms with van der Waals surface area (Å²) in [5, 5.41) is 15.5. The van der Waals surface area contributed by atoms with Crippen LogP contribution in [0.5, 0.6) is 0 Å². The van der Waals surface area contributed by atoms with E-state index in [0.29, 0.717) is 13.0 Å². The molecule has 5 heteroatoms. The number of carbonyl (C=O) groups excluding carboxylic acids is 1. The van der Waals surface area contributed by atoms with E-state index in [2.05, 4.69) is 10.6 Å². The number of carbonyl (C=O) groups is 2. The zero-order valence-corrected chi connectivity index (χ0v) is 11.6. The van der Waals surface area contributed by atoms with Crippen molar-refractivity contribution in [3.63, 3.8) is 0 Å². The molecule has 1 heterocycles. The second-order valence-electron chi connectivity index (χ2n) is 5.87. The lowest BCUT2D eigenvalue weighted by Crippen LogP contribution is -2.53. The third kappa shape index (κ3) is 2.91. The predicted molar refractivity (Wildman–Crippen MR) is 71.7 cm³/mol. The summed E-state index contributed by atoms with van der Waals surface area (Å²) >= 11 is 0. The first-order valence-electron chi connectivity index (χ1n) is 7.33. The standard InChI is InChI=1S/C14H24N2O3/c1-2-14(7-4-8-15-9-14)13(19)16-11-6-3-5-10(11)12(17)18/h10-11,15H,2-9H2,1H3,(H,16,19)(H,17,18). The van der Waals surface area contributed by atoms with Crippen molar-refractivity contribution in [1.29, 1.82) is 0 Å². The molecule has 3 unspecified atom stereocenters. The lowest BCUT2D eigenvalue weighted by Gasteiger charge is -2.36. The van der Waals surface area contributed by atoms with Gasteiger partial charge in [0.25, 0.3) is 0 Å². The smallest absolute Gasteiger partial charge is 0.308 e. The predicted octanol–water partition coefficient (Wildman–Crippen LogP) is 1.14. The molecule has 2 fully saturated rings. The molecule has 1 saturated heterocycles. The highest BCUT2D eigenvalue weighted by Gasteiger charge is 2.41. The fourth-order valence-corrected chi connectivity index (χ4v) is 3.37. The second kappa shape index (κ2) is 5.90. The van der Waals surface area contributed by atoms with Gasteiger partial charge in [0.1, 0.15) is 0 Å². The van der Waals surface area contributed by atoms with Crippen molar-refractivity contribution in [2.24, 2.45) is 11.3 Å². The number of aliphatic carboxylic acids is 1. The quantitative estimate of drug-likeness (QED) is 0.714. The molecular weight excluding hydrogens is 244 g/mol. The fourth-order valence-electron chi connectivity index (χ4n) is 3.37. The molecule has 2 rings (SSSR count). The van der Waals surface area contributed by atoms with Gasteiger partial charge in [-0.15, -0.1) is 0 Å². The highest BCUT2D eigenvalue weighted by atomic mass is 16.4. The maximum atomic E-state index is 12.5. The van der Waals surface area contributed by atoms with Gasteiger partial charge in [0.2, 0.25) is 5.91 Å². The van der Waals surface area contributed by atoms with Crippen molar-refractivity contribution in [3.8, 4) is 0 Å². The van der Waals surface area contributed by atoms with Crippen molar-refractivity contribution in [1.82, 2.24) is 10.6 Å². The Morgan fingerprint density at radius 3 is 2.74 bits per heavy atom. The van der Waals surface area contributed by atoms with E-state index in [0.717, 1.165) is 38.6 Å². The first kappa shape index (κ1) is 14.3. The number of hydrogen-bond donors (Lipinski definition) is 3. The zero-order valence-electron chi connectivity index (χ0n) is 11.6. The average Bonchev–Trinajstić information content (AvgIpc) is 2.87. The van der Waals surface area contributed by atoms with Crippen LogP contribution < -0.4 is 10.6 Å². The van der Waals surface area contributed by atoms with Crippen LogP contribution in [0.15, 0.2) is 0 Å². The fraction of sp³-hybridized carbons (Fsp3) is 0.857.